The Morgan fingerprint density at radius 1 is 0.857 bits per heavy atom. The molecule has 0 bridgehead atoms. The van der Waals surface area contributed by atoms with Crippen molar-refractivity contribution in [1.29, 1.82) is 0 Å². The lowest BCUT2D eigenvalue weighted by Crippen LogP contribution is -2.49. The van der Waals surface area contributed by atoms with Gasteiger partial charge in [0.25, 0.3) is 0 Å². The number of hydrogen-bond acceptors (Lipinski definition) is 3. The van der Waals surface area contributed by atoms with Crippen LogP contribution in [-0.4, -0.2) is 33.2 Å². The van der Waals surface area contributed by atoms with E-state index in [9.17, 15) is 14.4 Å². The maximum Gasteiger partial charge on any atom is 0.308 e. The van der Waals surface area contributed by atoms with E-state index in [-0.39, 0.29) is 18.8 Å². The number of carbonyl (C=O) groups is 3. The van der Waals surface area contributed by atoms with Crippen molar-refractivity contribution in [3.8, 4) is 0 Å². The molecule has 0 aromatic carbocycles. The van der Waals surface area contributed by atoms with Crippen molar-refractivity contribution in [3.05, 3.63) is 0 Å². The van der Waals surface area contributed by atoms with Gasteiger partial charge in [0.2, 0.25) is 0 Å². The SMILES string of the molecule is Cl.O=C(O)C1CC(C(=O)O)C1C(=O)O. The van der Waals surface area contributed by atoms with Gasteiger partial charge in [0.1, 0.15) is 0 Å². The van der Waals surface area contributed by atoms with Crippen molar-refractivity contribution < 1.29 is 29.7 Å². The minimum atomic E-state index is -1.36. The molecule has 3 N–H and O–H groups in total. The van der Waals surface area contributed by atoms with Crippen LogP contribution in [0, 0.1) is 17.8 Å². The average molecular weight is 225 g/mol. The summed E-state index contributed by atoms with van der Waals surface area (Å²) in [5.74, 6) is -7.24. The van der Waals surface area contributed by atoms with Gasteiger partial charge >= 0.3 is 17.9 Å². The lowest BCUT2D eigenvalue weighted by Gasteiger charge is -2.36. The van der Waals surface area contributed by atoms with Crippen LogP contribution < -0.4 is 0 Å². The highest BCUT2D eigenvalue weighted by molar-refractivity contribution is 5.88. The first-order valence-electron chi connectivity index (χ1n) is 3.63. The molecule has 14 heavy (non-hydrogen) atoms. The first-order chi connectivity index (χ1) is 5.95. The Hall–Kier alpha value is -1.30. The van der Waals surface area contributed by atoms with E-state index >= 15 is 0 Å². The third-order valence-corrected chi connectivity index (χ3v) is 2.29. The molecule has 0 saturated heterocycles. The first kappa shape index (κ1) is 12.7. The van der Waals surface area contributed by atoms with Gasteiger partial charge < -0.3 is 15.3 Å². The van der Waals surface area contributed by atoms with Crippen LogP contribution in [0.15, 0.2) is 0 Å². The maximum atomic E-state index is 10.5. The molecule has 0 amide bonds. The Bertz CT molecular complexity index is 255. The Morgan fingerprint density at radius 2 is 1.21 bits per heavy atom. The van der Waals surface area contributed by atoms with Crippen LogP contribution in [0.1, 0.15) is 6.42 Å². The Morgan fingerprint density at radius 3 is 1.43 bits per heavy atom. The van der Waals surface area contributed by atoms with Crippen LogP contribution >= 0.6 is 12.4 Å². The Balaban J connectivity index is 0.00000169. The van der Waals surface area contributed by atoms with Gasteiger partial charge in [0.05, 0.1) is 17.8 Å². The fraction of sp³-hybridized carbons (Fsp3) is 0.571. The van der Waals surface area contributed by atoms with Crippen LogP contribution in [0.5, 0.6) is 0 Å². The fourth-order valence-electron chi connectivity index (χ4n) is 1.50. The second-order valence-electron chi connectivity index (χ2n) is 2.99. The average Bonchev–Trinajstić information content (AvgIpc) is 1.79. The molecule has 2 unspecified atom stereocenters. The van der Waals surface area contributed by atoms with Gasteiger partial charge in [-0.25, -0.2) is 0 Å². The number of carboxylic acid groups (broad SMARTS) is 3. The van der Waals surface area contributed by atoms with E-state index in [2.05, 4.69) is 0 Å². The van der Waals surface area contributed by atoms with Crippen molar-refractivity contribution in [2.24, 2.45) is 17.8 Å². The van der Waals surface area contributed by atoms with Gasteiger partial charge in [-0.1, -0.05) is 0 Å². The molecule has 7 heteroatoms. The first-order valence-corrected chi connectivity index (χ1v) is 3.63. The van der Waals surface area contributed by atoms with Crippen LogP contribution in [0.2, 0.25) is 0 Å². The lowest BCUT2D eigenvalue weighted by atomic mass is 9.64. The molecule has 0 aliphatic heterocycles. The predicted molar refractivity (Wildman–Crippen MR) is 45.2 cm³/mol. The standard InChI is InChI=1S/C7H8O6.ClH/c8-5(9)2-1-3(6(10)11)4(2)7(12)13;/h2-4H,1H2,(H,8,9)(H,10,11)(H,12,13);1H. The van der Waals surface area contributed by atoms with Gasteiger partial charge in [-0.2, -0.15) is 0 Å². The molecule has 2 atom stereocenters. The van der Waals surface area contributed by atoms with E-state index in [1.54, 1.807) is 0 Å². The van der Waals surface area contributed by atoms with Crippen LogP contribution in [-0.2, 0) is 14.4 Å². The van der Waals surface area contributed by atoms with Gasteiger partial charge in [-0.15, -0.1) is 12.4 Å². The summed E-state index contributed by atoms with van der Waals surface area (Å²) in [7, 11) is 0. The zero-order valence-corrected chi connectivity index (χ0v) is 7.73. The minimum absolute atomic E-state index is 0. The van der Waals surface area contributed by atoms with Crippen molar-refractivity contribution in [1.82, 2.24) is 0 Å². The van der Waals surface area contributed by atoms with E-state index in [1.165, 1.54) is 0 Å². The predicted octanol–water partition coefficient (Wildman–Crippen LogP) is -0.0857. The number of rotatable bonds is 3. The second-order valence-corrected chi connectivity index (χ2v) is 2.99. The molecular weight excluding hydrogens is 216 g/mol. The summed E-state index contributed by atoms with van der Waals surface area (Å²) in [5.41, 5.74) is 0. The van der Waals surface area contributed by atoms with Gasteiger partial charge in [0, 0.05) is 0 Å². The summed E-state index contributed by atoms with van der Waals surface area (Å²) in [6, 6.07) is 0. The van der Waals surface area contributed by atoms with Crippen molar-refractivity contribution >= 4 is 30.3 Å². The molecule has 1 aliphatic rings. The van der Waals surface area contributed by atoms with Crippen LogP contribution in [0.25, 0.3) is 0 Å². The van der Waals surface area contributed by atoms with Crippen molar-refractivity contribution in [2.45, 2.75) is 6.42 Å². The van der Waals surface area contributed by atoms with Crippen LogP contribution in [0.3, 0.4) is 0 Å². The number of carboxylic acids is 3. The molecule has 0 spiro atoms. The normalized spacial score (nSPS) is 29.6. The van der Waals surface area contributed by atoms with Gasteiger partial charge in [0.15, 0.2) is 0 Å². The van der Waals surface area contributed by atoms with Crippen molar-refractivity contribution in [3.63, 3.8) is 0 Å². The molecule has 1 fully saturated rings. The number of hydrogen-bond donors (Lipinski definition) is 3. The zero-order chi connectivity index (χ0) is 10.2. The third-order valence-electron chi connectivity index (χ3n) is 2.29. The molecule has 1 saturated carbocycles. The molecule has 0 radical (unpaired) electrons. The molecule has 6 nitrogen and oxygen atoms in total. The Kier molecular flexibility index (Phi) is 3.88. The van der Waals surface area contributed by atoms with Gasteiger partial charge in [-0.05, 0) is 6.42 Å². The number of aliphatic carboxylic acids is 3. The summed E-state index contributed by atoms with van der Waals surface area (Å²) in [5, 5.41) is 25.5. The smallest absolute Gasteiger partial charge is 0.308 e. The third kappa shape index (κ3) is 1.95. The van der Waals surface area contributed by atoms with E-state index in [4.69, 9.17) is 15.3 Å². The molecule has 80 valence electrons. The van der Waals surface area contributed by atoms with Crippen LogP contribution in [0.4, 0.5) is 0 Å². The zero-order valence-electron chi connectivity index (χ0n) is 6.91. The highest BCUT2D eigenvalue weighted by Crippen LogP contribution is 2.40. The lowest BCUT2D eigenvalue weighted by molar-refractivity contribution is -0.174. The maximum absolute atomic E-state index is 10.5. The summed E-state index contributed by atoms with van der Waals surface area (Å²) in [6.45, 7) is 0. The summed E-state index contributed by atoms with van der Waals surface area (Å²) in [6.07, 6.45) is -0.0956. The van der Waals surface area contributed by atoms with E-state index < -0.39 is 35.7 Å². The summed E-state index contributed by atoms with van der Waals surface area (Å²) in [4.78, 5) is 31.3. The monoisotopic (exact) mass is 224 g/mol. The highest BCUT2D eigenvalue weighted by Gasteiger charge is 2.53. The molecule has 1 rings (SSSR count). The van der Waals surface area contributed by atoms with Crippen molar-refractivity contribution in [2.75, 3.05) is 0 Å². The van der Waals surface area contributed by atoms with E-state index in [1.807, 2.05) is 0 Å². The largest absolute Gasteiger partial charge is 0.481 e. The second kappa shape index (κ2) is 4.28. The molecule has 0 aromatic rings. The molecular formula is C7H9ClO6. The summed E-state index contributed by atoms with van der Waals surface area (Å²) < 4.78 is 0. The Labute approximate surface area is 84.9 Å². The molecule has 0 aromatic heterocycles. The summed E-state index contributed by atoms with van der Waals surface area (Å²) >= 11 is 0. The topological polar surface area (TPSA) is 112 Å². The van der Waals surface area contributed by atoms with E-state index in [0.717, 1.165) is 0 Å². The molecule has 0 heterocycles. The molecule has 1 aliphatic carbocycles. The fourth-order valence-corrected chi connectivity index (χ4v) is 1.50. The number of halogens is 1. The minimum Gasteiger partial charge on any atom is -0.481 e. The van der Waals surface area contributed by atoms with E-state index in [0.29, 0.717) is 0 Å². The highest BCUT2D eigenvalue weighted by atomic mass is 35.5. The quantitative estimate of drug-likeness (QED) is 0.618. The van der Waals surface area contributed by atoms with Gasteiger partial charge in [-0.3, -0.25) is 14.4 Å².